The highest BCUT2D eigenvalue weighted by Gasteiger charge is 2.27. The molecule has 0 N–H and O–H groups in total. The van der Waals surface area contributed by atoms with Crippen molar-refractivity contribution in [1.29, 1.82) is 0 Å². The van der Waals surface area contributed by atoms with E-state index in [-0.39, 0.29) is 5.43 Å². The number of fused-ring (bicyclic) bond motifs is 1. The van der Waals surface area contributed by atoms with Crippen LogP contribution in [0.2, 0.25) is 39.3 Å². The molecule has 1 aromatic heterocycles. The van der Waals surface area contributed by atoms with E-state index in [0.717, 1.165) is 5.56 Å². The molecule has 0 saturated carbocycles. The summed E-state index contributed by atoms with van der Waals surface area (Å²) in [5.74, 6) is 1.92. The Kier molecular flexibility index (Phi) is 5.64. The monoisotopic (exact) mass is 428 g/mol. The number of ether oxygens (including phenoxy) is 1. The first kappa shape index (κ1) is 21.2. The molecule has 3 aromatic rings. The SMILES string of the molecule is COc1c(O[Si](C)(C)C)cc(O[Si](C)(C)C)c2c(=O)cc(-c3ccccc3)oc12. The summed E-state index contributed by atoms with van der Waals surface area (Å²) in [6, 6.07) is 12.8. The van der Waals surface area contributed by atoms with Crippen molar-refractivity contribution in [3.63, 3.8) is 0 Å². The summed E-state index contributed by atoms with van der Waals surface area (Å²) in [7, 11) is -2.38. The Morgan fingerprint density at radius 1 is 0.828 bits per heavy atom. The van der Waals surface area contributed by atoms with Crippen LogP contribution in [0.5, 0.6) is 17.2 Å². The van der Waals surface area contributed by atoms with E-state index >= 15 is 0 Å². The predicted octanol–water partition coefficient (Wildman–Crippen LogP) is 5.90. The molecule has 0 unspecified atom stereocenters. The molecular formula is C22H28O5Si2. The third kappa shape index (κ3) is 4.91. The number of methoxy groups -OCH3 is 1. The van der Waals surface area contributed by atoms with Gasteiger partial charge in [0.25, 0.3) is 0 Å². The molecule has 3 rings (SSSR count). The van der Waals surface area contributed by atoms with Crippen molar-refractivity contribution in [3.05, 3.63) is 52.7 Å². The summed E-state index contributed by atoms with van der Waals surface area (Å²) >= 11 is 0. The van der Waals surface area contributed by atoms with Gasteiger partial charge < -0.3 is 18.0 Å². The van der Waals surface area contributed by atoms with Gasteiger partial charge in [-0.05, 0) is 39.3 Å². The first-order valence-corrected chi connectivity index (χ1v) is 16.4. The fourth-order valence-corrected chi connectivity index (χ4v) is 4.64. The zero-order valence-corrected chi connectivity index (χ0v) is 20.1. The van der Waals surface area contributed by atoms with Crippen LogP contribution < -0.4 is 19.0 Å². The molecule has 0 spiro atoms. The lowest BCUT2D eigenvalue weighted by Crippen LogP contribution is -2.31. The lowest BCUT2D eigenvalue weighted by molar-refractivity contribution is 0.387. The molecule has 154 valence electrons. The molecule has 0 atom stereocenters. The van der Waals surface area contributed by atoms with E-state index in [4.69, 9.17) is 18.0 Å². The van der Waals surface area contributed by atoms with Gasteiger partial charge in [0.1, 0.15) is 16.9 Å². The molecule has 0 aliphatic carbocycles. The van der Waals surface area contributed by atoms with Crippen molar-refractivity contribution in [2.45, 2.75) is 39.3 Å². The summed E-state index contributed by atoms with van der Waals surface area (Å²) in [5, 5.41) is 0.381. The van der Waals surface area contributed by atoms with Crippen LogP contribution in [0.3, 0.4) is 0 Å². The van der Waals surface area contributed by atoms with Crippen LogP contribution in [0.1, 0.15) is 0 Å². The van der Waals surface area contributed by atoms with Gasteiger partial charge in [-0.1, -0.05) is 30.3 Å². The molecule has 1 heterocycles. The molecular weight excluding hydrogens is 400 g/mol. The second-order valence-corrected chi connectivity index (χ2v) is 17.7. The zero-order valence-electron chi connectivity index (χ0n) is 18.1. The second kappa shape index (κ2) is 7.72. The van der Waals surface area contributed by atoms with E-state index in [1.807, 2.05) is 30.3 Å². The Labute approximate surface area is 173 Å². The van der Waals surface area contributed by atoms with Gasteiger partial charge in [0.15, 0.2) is 16.8 Å². The molecule has 5 nitrogen and oxygen atoms in total. The van der Waals surface area contributed by atoms with Crippen molar-refractivity contribution in [3.8, 4) is 28.6 Å². The van der Waals surface area contributed by atoms with Crippen molar-refractivity contribution in [2.24, 2.45) is 0 Å². The van der Waals surface area contributed by atoms with Crippen LogP contribution in [0.25, 0.3) is 22.3 Å². The summed E-state index contributed by atoms with van der Waals surface area (Å²) in [6.45, 7) is 12.5. The van der Waals surface area contributed by atoms with Crippen LogP contribution in [0.4, 0.5) is 0 Å². The van der Waals surface area contributed by atoms with Crippen LogP contribution in [0.15, 0.2) is 51.7 Å². The van der Waals surface area contributed by atoms with Crippen molar-refractivity contribution >= 4 is 27.6 Å². The minimum Gasteiger partial charge on any atom is -0.544 e. The summed E-state index contributed by atoms with van der Waals surface area (Å²) in [5.41, 5.74) is 0.997. The molecule has 29 heavy (non-hydrogen) atoms. The highest BCUT2D eigenvalue weighted by atomic mass is 28.4. The fraction of sp³-hybridized carbons (Fsp3) is 0.318. The average Bonchev–Trinajstić information content (AvgIpc) is 2.59. The minimum atomic E-state index is -1.99. The Morgan fingerprint density at radius 2 is 1.41 bits per heavy atom. The molecule has 0 saturated heterocycles. The number of hydrogen-bond donors (Lipinski definition) is 0. The normalized spacial score (nSPS) is 12.1. The molecule has 0 radical (unpaired) electrons. The van der Waals surface area contributed by atoms with Gasteiger partial charge in [0.05, 0.1) is 7.11 Å². The average molecular weight is 429 g/mol. The van der Waals surface area contributed by atoms with Crippen LogP contribution in [-0.4, -0.2) is 23.7 Å². The zero-order chi connectivity index (χ0) is 21.4. The van der Waals surface area contributed by atoms with Crippen LogP contribution in [0, 0.1) is 0 Å². The largest absolute Gasteiger partial charge is 0.544 e. The number of hydrogen-bond acceptors (Lipinski definition) is 5. The van der Waals surface area contributed by atoms with E-state index < -0.39 is 16.6 Å². The third-order valence-electron chi connectivity index (χ3n) is 3.98. The summed E-state index contributed by atoms with van der Waals surface area (Å²) in [6.07, 6.45) is 0. The topological polar surface area (TPSA) is 57.9 Å². The van der Waals surface area contributed by atoms with E-state index in [9.17, 15) is 4.79 Å². The highest BCUT2D eigenvalue weighted by molar-refractivity contribution is 6.71. The Bertz CT molecular complexity index is 1080. The lowest BCUT2D eigenvalue weighted by atomic mass is 10.1. The molecule has 0 aliphatic heterocycles. The van der Waals surface area contributed by atoms with E-state index in [0.29, 0.717) is 34.0 Å². The first-order valence-electron chi connectivity index (χ1n) is 9.61. The van der Waals surface area contributed by atoms with Gasteiger partial charge in [0, 0.05) is 17.7 Å². The van der Waals surface area contributed by atoms with Crippen molar-refractivity contribution < 1.29 is 18.0 Å². The van der Waals surface area contributed by atoms with Gasteiger partial charge in [-0.15, -0.1) is 0 Å². The Morgan fingerprint density at radius 3 is 1.97 bits per heavy atom. The molecule has 0 bridgehead atoms. The van der Waals surface area contributed by atoms with E-state index in [2.05, 4.69) is 39.3 Å². The Balaban J connectivity index is 2.37. The number of rotatable bonds is 6. The van der Waals surface area contributed by atoms with Crippen molar-refractivity contribution in [1.82, 2.24) is 0 Å². The van der Waals surface area contributed by atoms with Crippen LogP contribution >= 0.6 is 0 Å². The predicted molar refractivity (Wildman–Crippen MR) is 122 cm³/mol. The highest BCUT2D eigenvalue weighted by Crippen LogP contribution is 2.43. The maximum absolute atomic E-state index is 13.1. The van der Waals surface area contributed by atoms with E-state index in [1.54, 1.807) is 13.2 Å². The first-order chi connectivity index (χ1) is 13.5. The maximum Gasteiger partial charge on any atom is 0.242 e. The minimum absolute atomic E-state index is 0.170. The van der Waals surface area contributed by atoms with Gasteiger partial charge >= 0.3 is 0 Å². The fourth-order valence-electron chi connectivity index (χ4n) is 3.01. The molecule has 2 aromatic carbocycles. The smallest absolute Gasteiger partial charge is 0.242 e. The quantitative estimate of drug-likeness (QED) is 0.458. The van der Waals surface area contributed by atoms with Gasteiger partial charge in [-0.3, -0.25) is 4.79 Å². The van der Waals surface area contributed by atoms with Gasteiger partial charge in [0.2, 0.25) is 22.4 Å². The molecule has 0 fully saturated rings. The Hall–Kier alpha value is -2.52. The molecule has 0 aliphatic rings. The maximum atomic E-state index is 13.1. The van der Waals surface area contributed by atoms with Gasteiger partial charge in [-0.2, -0.15) is 0 Å². The lowest BCUT2D eigenvalue weighted by Gasteiger charge is -2.25. The summed E-state index contributed by atoms with van der Waals surface area (Å²) < 4.78 is 24.4. The van der Waals surface area contributed by atoms with Crippen molar-refractivity contribution in [2.75, 3.05) is 7.11 Å². The second-order valence-electron chi connectivity index (χ2n) is 8.88. The summed E-state index contributed by atoms with van der Waals surface area (Å²) in [4.78, 5) is 13.1. The molecule has 7 heteroatoms. The van der Waals surface area contributed by atoms with Crippen LogP contribution in [-0.2, 0) is 0 Å². The van der Waals surface area contributed by atoms with E-state index in [1.165, 1.54) is 6.07 Å². The number of benzene rings is 2. The molecule has 0 amide bonds. The standard InChI is InChI=1S/C22H28O5Si2/c1-24-21-19(27-29(5,6)7)14-18(26-28(2,3)4)20-16(23)13-17(25-22(20)21)15-11-9-8-10-12-15/h8-14H,1-7H3. The van der Waals surface area contributed by atoms with Gasteiger partial charge in [-0.25, -0.2) is 0 Å². The third-order valence-corrected chi connectivity index (χ3v) is 5.65.